The van der Waals surface area contributed by atoms with Gasteiger partial charge in [0, 0.05) is 12.6 Å². The average Bonchev–Trinajstić information content (AvgIpc) is 2.59. The van der Waals surface area contributed by atoms with Crippen molar-refractivity contribution in [3.8, 4) is 0 Å². The third kappa shape index (κ3) is 3.30. The molecule has 1 aromatic heterocycles. The molecule has 0 spiro atoms. The van der Waals surface area contributed by atoms with Crippen LogP contribution in [-0.2, 0) is 6.54 Å². The SMILES string of the molecule is CCNC1CCCN(Cc2nc(C)c(C)o2)C1. The molecule has 0 bridgehead atoms. The minimum absolute atomic E-state index is 0.630. The van der Waals surface area contributed by atoms with Crippen molar-refractivity contribution in [1.82, 2.24) is 15.2 Å². The third-order valence-corrected chi connectivity index (χ3v) is 3.43. The zero-order chi connectivity index (χ0) is 12.3. The fourth-order valence-electron chi connectivity index (χ4n) is 2.45. The first-order valence-electron chi connectivity index (χ1n) is 6.57. The molecule has 2 heterocycles. The quantitative estimate of drug-likeness (QED) is 0.868. The molecular weight excluding hydrogens is 214 g/mol. The molecular formula is C13H23N3O. The molecule has 4 nitrogen and oxygen atoms in total. The summed E-state index contributed by atoms with van der Waals surface area (Å²) in [6.45, 7) is 10.3. The summed E-state index contributed by atoms with van der Waals surface area (Å²) < 4.78 is 5.64. The third-order valence-electron chi connectivity index (χ3n) is 3.43. The molecule has 1 aliphatic heterocycles. The number of aromatic nitrogens is 1. The second-order valence-electron chi connectivity index (χ2n) is 4.88. The van der Waals surface area contributed by atoms with Gasteiger partial charge in [-0.25, -0.2) is 4.98 Å². The van der Waals surface area contributed by atoms with E-state index in [9.17, 15) is 0 Å². The topological polar surface area (TPSA) is 41.3 Å². The second-order valence-corrected chi connectivity index (χ2v) is 4.88. The van der Waals surface area contributed by atoms with Crippen molar-refractivity contribution >= 4 is 0 Å². The van der Waals surface area contributed by atoms with E-state index in [0.717, 1.165) is 43.5 Å². The molecule has 1 aliphatic rings. The van der Waals surface area contributed by atoms with Gasteiger partial charge in [-0.1, -0.05) is 6.92 Å². The van der Waals surface area contributed by atoms with Gasteiger partial charge in [-0.2, -0.15) is 0 Å². The highest BCUT2D eigenvalue weighted by Gasteiger charge is 2.20. The normalized spacial score (nSPS) is 21.9. The van der Waals surface area contributed by atoms with Crippen LogP contribution >= 0.6 is 0 Å². The van der Waals surface area contributed by atoms with Crippen LogP contribution in [0.1, 0.15) is 37.1 Å². The summed E-state index contributed by atoms with van der Waals surface area (Å²) in [5.74, 6) is 1.80. The molecule has 1 fully saturated rings. The molecule has 0 radical (unpaired) electrons. The van der Waals surface area contributed by atoms with Crippen LogP contribution < -0.4 is 5.32 Å². The molecule has 0 amide bonds. The number of nitrogens with zero attached hydrogens (tertiary/aromatic N) is 2. The van der Waals surface area contributed by atoms with E-state index in [4.69, 9.17) is 4.42 Å². The van der Waals surface area contributed by atoms with Gasteiger partial charge >= 0.3 is 0 Å². The number of rotatable bonds is 4. The molecule has 0 aromatic carbocycles. The molecule has 1 atom stereocenters. The van der Waals surface area contributed by atoms with Crippen molar-refractivity contribution in [2.45, 2.75) is 46.2 Å². The molecule has 96 valence electrons. The van der Waals surface area contributed by atoms with E-state index in [1.807, 2.05) is 13.8 Å². The monoisotopic (exact) mass is 237 g/mol. The van der Waals surface area contributed by atoms with Gasteiger partial charge in [-0.3, -0.25) is 4.90 Å². The number of aryl methyl sites for hydroxylation is 2. The molecule has 1 unspecified atom stereocenters. The maximum Gasteiger partial charge on any atom is 0.208 e. The van der Waals surface area contributed by atoms with Gasteiger partial charge in [0.2, 0.25) is 5.89 Å². The molecule has 0 aliphatic carbocycles. The van der Waals surface area contributed by atoms with Crippen LogP contribution in [0.25, 0.3) is 0 Å². The van der Waals surface area contributed by atoms with E-state index in [2.05, 4.69) is 22.1 Å². The lowest BCUT2D eigenvalue weighted by atomic mass is 10.1. The van der Waals surface area contributed by atoms with E-state index in [0.29, 0.717) is 6.04 Å². The summed E-state index contributed by atoms with van der Waals surface area (Å²) in [6.07, 6.45) is 2.55. The lowest BCUT2D eigenvalue weighted by molar-refractivity contribution is 0.169. The maximum atomic E-state index is 5.64. The van der Waals surface area contributed by atoms with Crippen LogP contribution in [0.3, 0.4) is 0 Å². The highest BCUT2D eigenvalue weighted by Crippen LogP contribution is 2.15. The van der Waals surface area contributed by atoms with Crippen molar-refractivity contribution in [3.05, 3.63) is 17.3 Å². The lowest BCUT2D eigenvalue weighted by Crippen LogP contribution is -2.45. The zero-order valence-electron chi connectivity index (χ0n) is 11.1. The Bertz CT molecular complexity index is 340. The first-order chi connectivity index (χ1) is 8.19. The summed E-state index contributed by atoms with van der Waals surface area (Å²) in [6, 6.07) is 0.630. The average molecular weight is 237 g/mol. The van der Waals surface area contributed by atoms with Crippen LogP contribution in [0.2, 0.25) is 0 Å². The second kappa shape index (κ2) is 5.65. The van der Waals surface area contributed by atoms with E-state index in [-0.39, 0.29) is 0 Å². The highest BCUT2D eigenvalue weighted by molar-refractivity contribution is 5.05. The van der Waals surface area contributed by atoms with Gasteiger partial charge in [0.15, 0.2) is 0 Å². The van der Waals surface area contributed by atoms with Crippen LogP contribution in [0, 0.1) is 13.8 Å². The van der Waals surface area contributed by atoms with Crippen molar-refractivity contribution in [2.24, 2.45) is 0 Å². The van der Waals surface area contributed by atoms with Gasteiger partial charge in [0.05, 0.1) is 12.2 Å². The number of likely N-dealkylation sites (N-methyl/N-ethyl adjacent to an activating group) is 1. The summed E-state index contributed by atoms with van der Waals surface area (Å²) in [4.78, 5) is 6.88. The van der Waals surface area contributed by atoms with E-state index >= 15 is 0 Å². The van der Waals surface area contributed by atoms with Gasteiger partial charge in [-0.05, 0) is 39.8 Å². The van der Waals surface area contributed by atoms with Gasteiger partial charge in [0.25, 0.3) is 0 Å². The molecule has 4 heteroatoms. The fourth-order valence-corrected chi connectivity index (χ4v) is 2.45. The Labute approximate surface area is 103 Å². The zero-order valence-corrected chi connectivity index (χ0v) is 11.1. The Balaban J connectivity index is 1.90. The highest BCUT2D eigenvalue weighted by atomic mass is 16.4. The molecule has 1 N–H and O–H groups in total. The number of piperidine rings is 1. The lowest BCUT2D eigenvalue weighted by Gasteiger charge is -2.32. The van der Waals surface area contributed by atoms with Crippen molar-refractivity contribution in [2.75, 3.05) is 19.6 Å². The standard InChI is InChI=1S/C13H23N3O/c1-4-14-12-6-5-7-16(8-12)9-13-15-10(2)11(3)17-13/h12,14H,4-9H2,1-3H3. The summed E-state index contributed by atoms with van der Waals surface area (Å²) in [7, 11) is 0. The Hall–Kier alpha value is -0.870. The van der Waals surface area contributed by atoms with Gasteiger partial charge in [-0.15, -0.1) is 0 Å². The van der Waals surface area contributed by atoms with Crippen molar-refractivity contribution < 1.29 is 4.42 Å². The number of hydrogen-bond donors (Lipinski definition) is 1. The van der Waals surface area contributed by atoms with E-state index < -0.39 is 0 Å². The molecule has 1 saturated heterocycles. The number of hydrogen-bond acceptors (Lipinski definition) is 4. The minimum atomic E-state index is 0.630. The first-order valence-corrected chi connectivity index (χ1v) is 6.57. The van der Waals surface area contributed by atoms with Crippen LogP contribution in [0.4, 0.5) is 0 Å². The summed E-state index contributed by atoms with van der Waals surface area (Å²) >= 11 is 0. The molecule has 2 rings (SSSR count). The predicted octanol–water partition coefficient (Wildman–Crippen LogP) is 1.87. The maximum absolute atomic E-state index is 5.64. The van der Waals surface area contributed by atoms with Crippen LogP contribution in [0.15, 0.2) is 4.42 Å². The molecule has 17 heavy (non-hydrogen) atoms. The smallest absolute Gasteiger partial charge is 0.208 e. The number of likely N-dealkylation sites (tertiary alicyclic amines) is 1. The number of oxazole rings is 1. The Kier molecular flexibility index (Phi) is 4.18. The Morgan fingerprint density at radius 3 is 2.94 bits per heavy atom. The van der Waals surface area contributed by atoms with Crippen LogP contribution in [0.5, 0.6) is 0 Å². The van der Waals surface area contributed by atoms with E-state index in [1.54, 1.807) is 0 Å². The van der Waals surface area contributed by atoms with E-state index in [1.165, 1.54) is 12.8 Å². The Morgan fingerprint density at radius 1 is 1.47 bits per heavy atom. The summed E-state index contributed by atoms with van der Waals surface area (Å²) in [5.41, 5.74) is 1.01. The largest absolute Gasteiger partial charge is 0.444 e. The first kappa shape index (κ1) is 12.6. The van der Waals surface area contributed by atoms with Crippen LogP contribution in [-0.4, -0.2) is 35.6 Å². The van der Waals surface area contributed by atoms with Crippen molar-refractivity contribution in [1.29, 1.82) is 0 Å². The summed E-state index contributed by atoms with van der Waals surface area (Å²) in [5, 5.41) is 3.52. The number of nitrogens with one attached hydrogen (secondary N) is 1. The van der Waals surface area contributed by atoms with Crippen molar-refractivity contribution in [3.63, 3.8) is 0 Å². The predicted molar refractivity (Wildman–Crippen MR) is 68.0 cm³/mol. The minimum Gasteiger partial charge on any atom is -0.444 e. The molecule has 1 aromatic rings. The fraction of sp³-hybridized carbons (Fsp3) is 0.769. The van der Waals surface area contributed by atoms with Gasteiger partial charge < -0.3 is 9.73 Å². The molecule has 0 saturated carbocycles. The van der Waals surface area contributed by atoms with Gasteiger partial charge in [0.1, 0.15) is 5.76 Å². The Morgan fingerprint density at radius 2 is 2.29 bits per heavy atom.